The van der Waals surface area contributed by atoms with E-state index in [0.717, 1.165) is 18.4 Å². The topological polar surface area (TPSA) is 66.4 Å². The van der Waals surface area contributed by atoms with E-state index >= 15 is 0 Å². The number of halogens is 1. The molecule has 4 nitrogen and oxygen atoms in total. The van der Waals surface area contributed by atoms with E-state index in [-0.39, 0.29) is 17.5 Å². The third-order valence-electron chi connectivity index (χ3n) is 3.34. The number of thioether (sulfide) groups is 1. The molecule has 1 aromatic carbocycles. The van der Waals surface area contributed by atoms with Crippen molar-refractivity contribution < 1.29 is 19.1 Å². The molecule has 2 rings (SSSR count). The number of carboxylic acids is 1. The molecule has 0 aliphatic heterocycles. The van der Waals surface area contributed by atoms with Gasteiger partial charge in [0.25, 0.3) is 0 Å². The molecule has 0 unspecified atom stereocenters. The molecule has 1 aliphatic rings. The Bertz CT molecular complexity index is 500. The van der Waals surface area contributed by atoms with Crippen LogP contribution in [0.2, 0.25) is 0 Å². The van der Waals surface area contributed by atoms with E-state index in [1.807, 2.05) is 0 Å². The fraction of sp³-hybridized carbons (Fsp3) is 0.429. The maximum Gasteiger partial charge on any atom is 0.313 e. The van der Waals surface area contributed by atoms with Crippen molar-refractivity contribution in [3.63, 3.8) is 0 Å². The molecule has 2 N–H and O–H groups in total. The first-order valence-corrected chi connectivity index (χ1v) is 7.54. The smallest absolute Gasteiger partial charge is 0.313 e. The predicted molar refractivity (Wildman–Crippen MR) is 75.3 cm³/mol. The third-order valence-corrected chi connectivity index (χ3v) is 4.28. The van der Waals surface area contributed by atoms with E-state index in [2.05, 4.69) is 5.32 Å². The second-order valence-electron chi connectivity index (χ2n) is 4.79. The summed E-state index contributed by atoms with van der Waals surface area (Å²) < 4.78 is 12.9. The molecular formula is C14H16FNO3S. The number of nitrogens with one attached hydrogen (secondary N) is 1. The first kappa shape index (κ1) is 14.8. The minimum Gasteiger partial charge on any atom is -0.481 e. The summed E-state index contributed by atoms with van der Waals surface area (Å²) in [5.74, 6) is -0.613. The van der Waals surface area contributed by atoms with Gasteiger partial charge in [-0.3, -0.25) is 9.59 Å². The number of carbonyl (C=O) groups is 2. The van der Waals surface area contributed by atoms with Gasteiger partial charge < -0.3 is 10.4 Å². The summed E-state index contributed by atoms with van der Waals surface area (Å²) in [6.45, 7) is 0.444. The van der Waals surface area contributed by atoms with Crippen molar-refractivity contribution in [2.24, 2.45) is 0 Å². The highest BCUT2D eigenvalue weighted by molar-refractivity contribution is 7.99. The summed E-state index contributed by atoms with van der Waals surface area (Å²) in [6, 6.07) is 6.04. The van der Waals surface area contributed by atoms with Gasteiger partial charge >= 0.3 is 5.97 Å². The molecule has 1 fully saturated rings. The van der Waals surface area contributed by atoms with Crippen molar-refractivity contribution in [3.05, 3.63) is 35.6 Å². The molecule has 0 aromatic heterocycles. The zero-order valence-corrected chi connectivity index (χ0v) is 11.7. The van der Waals surface area contributed by atoms with Gasteiger partial charge in [-0.2, -0.15) is 0 Å². The Labute approximate surface area is 120 Å². The van der Waals surface area contributed by atoms with Crippen LogP contribution in [0.1, 0.15) is 18.4 Å². The van der Waals surface area contributed by atoms with Crippen molar-refractivity contribution in [2.45, 2.75) is 18.3 Å². The lowest BCUT2D eigenvalue weighted by molar-refractivity contribution is -0.133. The fourth-order valence-corrected chi connectivity index (χ4v) is 2.67. The molecule has 0 heterocycles. The minimum atomic E-state index is -0.855. The van der Waals surface area contributed by atoms with Crippen molar-refractivity contribution in [2.75, 3.05) is 18.1 Å². The largest absolute Gasteiger partial charge is 0.481 e. The summed E-state index contributed by atoms with van der Waals surface area (Å²) in [4.78, 5) is 22.5. The highest BCUT2D eigenvalue weighted by Gasteiger charge is 2.50. The van der Waals surface area contributed by atoms with Crippen LogP contribution in [0.4, 0.5) is 4.39 Å². The highest BCUT2D eigenvalue weighted by Crippen LogP contribution is 2.48. The Kier molecular flexibility index (Phi) is 4.65. The highest BCUT2D eigenvalue weighted by atomic mass is 32.2. The van der Waals surface area contributed by atoms with Gasteiger partial charge in [-0.25, -0.2) is 4.39 Å². The maximum atomic E-state index is 12.9. The lowest BCUT2D eigenvalue weighted by atomic mass is 9.95. The van der Waals surface area contributed by atoms with Crippen LogP contribution in [0, 0.1) is 5.82 Å². The van der Waals surface area contributed by atoms with Crippen LogP contribution in [0.25, 0.3) is 0 Å². The maximum absolute atomic E-state index is 12.9. The number of rotatable bonds is 7. The molecule has 1 saturated carbocycles. The van der Waals surface area contributed by atoms with Gasteiger partial charge in [0, 0.05) is 12.3 Å². The van der Waals surface area contributed by atoms with Gasteiger partial charge in [-0.1, -0.05) is 12.1 Å². The molecule has 6 heteroatoms. The molecule has 0 spiro atoms. The molecule has 1 aromatic rings. The number of carboxylic acid groups (broad SMARTS) is 1. The zero-order chi connectivity index (χ0) is 14.6. The van der Waals surface area contributed by atoms with Crippen molar-refractivity contribution in [1.29, 1.82) is 0 Å². The Hall–Kier alpha value is -1.56. The van der Waals surface area contributed by atoms with Gasteiger partial charge in [-0.15, -0.1) is 11.8 Å². The van der Waals surface area contributed by atoms with Crippen LogP contribution < -0.4 is 5.32 Å². The van der Waals surface area contributed by atoms with Crippen molar-refractivity contribution in [3.8, 4) is 0 Å². The van der Waals surface area contributed by atoms with Crippen LogP contribution in [-0.4, -0.2) is 35.0 Å². The van der Waals surface area contributed by atoms with Crippen LogP contribution in [0.15, 0.2) is 24.3 Å². The fourth-order valence-electron chi connectivity index (χ4n) is 2.11. The minimum absolute atomic E-state index is 0.0407. The number of carbonyl (C=O) groups excluding carboxylic acids is 1. The zero-order valence-electron chi connectivity index (χ0n) is 10.9. The number of benzene rings is 1. The first-order valence-electron chi connectivity index (χ1n) is 6.38. The van der Waals surface area contributed by atoms with E-state index in [0.29, 0.717) is 12.3 Å². The summed E-state index contributed by atoms with van der Waals surface area (Å²) >= 11 is 1.27. The molecule has 0 radical (unpaired) electrons. The normalized spacial score (nSPS) is 15.7. The summed E-state index contributed by atoms with van der Waals surface area (Å²) in [5.41, 5.74) is 0.333. The molecule has 0 atom stereocenters. The molecular weight excluding hydrogens is 281 g/mol. The molecule has 0 bridgehead atoms. The van der Waals surface area contributed by atoms with E-state index < -0.39 is 11.4 Å². The Balaban J connectivity index is 1.83. The Morgan fingerprint density at radius 2 is 1.95 bits per heavy atom. The molecule has 0 saturated heterocycles. The van der Waals surface area contributed by atoms with Crippen LogP contribution in [-0.2, 0) is 15.0 Å². The average Bonchev–Trinajstić information content (AvgIpc) is 3.20. The third kappa shape index (κ3) is 3.50. The van der Waals surface area contributed by atoms with Gasteiger partial charge in [0.1, 0.15) is 5.82 Å². The van der Waals surface area contributed by atoms with Gasteiger partial charge in [0.2, 0.25) is 5.91 Å². The number of aliphatic carboxylic acids is 1. The lowest BCUT2D eigenvalue weighted by Crippen LogP contribution is -2.36. The average molecular weight is 297 g/mol. The number of amides is 1. The quantitative estimate of drug-likeness (QED) is 0.753. The Morgan fingerprint density at radius 3 is 2.50 bits per heavy atom. The summed E-state index contributed by atoms with van der Waals surface area (Å²) in [7, 11) is 0. The predicted octanol–water partition coefficient (Wildman–Crippen LogP) is 1.79. The standard InChI is InChI=1S/C14H16FNO3S/c15-11-3-1-10(2-4-11)14(5-6-14)13(19)16-7-8-20-9-12(17)18/h1-4H,5-9H2,(H,16,19)(H,17,18). The van der Waals surface area contributed by atoms with Crippen LogP contribution in [0.5, 0.6) is 0 Å². The number of hydrogen-bond donors (Lipinski definition) is 2. The lowest BCUT2D eigenvalue weighted by Gasteiger charge is -2.15. The molecule has 1 amide bonds. The number of hydrogen-bond acceptors (Lipinski definition) is 3. The van der Waals surface area contributed by atoms with Crippen molar-refractivity contribution in [1.82, 2.24) is 5.32 Å². The van der Waals surface area contributed by atoms with E-state index in [1.54, 1.807) is 12.1 Å². The van der Waals surface area contributed by atoms with Crippen LogP contribution >= 0.6 is 11.8 Å². The van der Waals surface area contributed by atoms with E-state index in [1.165, 1.54) is 23.9 Å². The Morgan fingerprint density at radius 1 is 1.30 bits per heavy atom. The second kappa shape index (κ2) is 6.26. The van der Waals surface area contributed by atoms with Gasteiger partial charge in [0.05, 0.1) is 11.2 Å². The van der Waals surface area contributed by atoms with E-state index in [9.17, 15) is 14.0 Å². The SMILES string of the molecule is O=C(O)CSCCNC(=O)C1(c2ccc(F)cc2)CC1. The van der Waals surface area contributed by atoms with Gasteiger partial charge in [-0.05, 0) is 30.5 Å². The second-order valence-corrected chi connectivity index (χ2v) is 5.90. The molecule has 108 valence electrons. The van der Waals surface area contributed by atoms with Crippen LogP contribution in [0.3, 0.4) is 0 Å². The molecule has 20 heavy (non-hydrogen) atoms. The van der Waals surface area contributed by atoms with Crippen molar-refractivity contribution >= 4 is 23.6 Å². The first-order chi connectivity index (χ1) is 9.54. The van der Waals surface area contributed by atoms with E-state index in [4.69, 9.17) is 5.11 Å². The summed E-state index contributed by atoms with van der Waals surface area (Å²) in [6.07, 6.45) is 1.54. The summed E-state index contributed by atoms with van der Waals surface area (Å²) in [5, 5.41) is 11.3. The molecule has 1 aliphatic carbocycles. The monoisotopic (exact) mass is 297 g/mol. The van der Waals surface area contributed by atoms with Gasteiger partial charge in [0.15, 0.2) is 0 Å².